The van der Waals surface area contributed by atoms with Crippen molar-refractivity contribution in [2.75, 3.05) is 7.11 Å². The number of hydrogen-bond acceptors (Lipinski definition) is 2. The molecule has 1 N–H and O–H groups in total. The van der Waals surface area contributed by atoms with Crippen molar-refractivity contribution >= 4 is 6.21 Å². The molecule has 0 fully saturated rings. The van der Waals surface area contributed by atoms with Crippen LogP contribution in [0.1, 0.15) is 20.8 Å². The average molecular weight is 167 g/mol. The summed E-state index contributed by atoms with van der Waals surface area (Å²) in [7, 11) is 1.64. The van der Waals surface area contributed by atoms with Crippen molar-refractivity contribution in [2.24, 2.45) is 5.92 Å². The van der Waals surface area contributed by atoms with Crippen LogP contribution in [0.2, 0.25) is 0 Å². The Balaban J connectivity index is 4.46. The highest BCUT2D eigenvalue weighted by Crippen LogP contribution is 2.06. The van der Waals surface area contributed by atoms with Gasteiger partial charge in [-0.1, -0.05) is 13.8 Å². The summed E-state index contributed by atoms with van der Waals surface area (Å²) in [6.07, 6.45) is 5.19. The van der Waals surface area contributed by atoms with E-state index in [1.807, 2.05) is 19.1 Å². The maximum absolute atomic E-state index is 6.98. The van der Waals surface area contributed by atoms with Gasteiger partial charge >= 0.3 is 0 Å². The largest absolute Gasteiger partial charge is 0.497 e. The molecule has 0 spiro atoms. The van der Waals surface area contributed by atoms with Gasteiger partial charge in [-0.05, 0) is 30.6 Å². The van der Waals surface area contributed by atoms with Crippen LogP contribution in [0.25, 0.3) is 0 Å². The predicted octanol–water partition coefficient (Wildman–Crippen LogP) is 2.77. The van der Waals surface area contributed by atoms with Crippen LogP contribution in [0.15, 0.2) is 23.5 Å². The smallest absolute Gasteiger partial charge is 0.115 e. The van der Waals surface area contributed by atoms with Crippen molar-refractivity contribution in [3.8, 4) is 0 Å². The van der Waals surface area contributed by atoms with Crippen molar-refractivity contribution in [3.05, 3.63) is 23.5 Å². The maximum Gasteiger partial charge on any atom is 0.115 e. The monoisotopic (exact) mass is 167 g/mol. The van der Waals surface area contributed by atoms with E-state index in [0.29, 0.717) is 5.92 Å². The summed E-state index contributed by atoms with van der Waals surface area (Å²) < 4.78 is 5.12. The van der Waals surface area contributed by atoms with Crippen LogP contribution < -0.4 is 0 Å². The van der Waals surface area contributed by atoms with E-state index >= 15 is 0 Å². The molecular weight excluding hydrogens is 150 g/mol. The Bertz CT molecular complexity index is 202. The van der Waals surface area contributed by atoms with E-state index in [9.17, 15) is 0 Å². The number of nitrogens with one attached hydrogen (secondary N) is 1. The highest BCUT2D eigenvalue weighted by atomic mass is 16.5. The summed E-state index contributed by atoms with van der Waals surface area (Å²) in [6.45, 7) is 6.05. The normalized spacial score (nSPS) is 13.4. The van der Waals surface area contributed by atoms with E-state index < -0.39 is 0 Å². The summed E-state index contributed by atoms with van der Waals surface area (Å²) in [5, 5.41) is 6.98. The Kier molecular flexibility index (Phi) is 5.09. The van der Waals surface area contributed by atoms with Crippen molar-refractivity contribution < 1.29 is 4.74 Å². The zero-order valence-corrected chi connectivity index (χ0v) is 8.22. The average Bonchev–Trinajstić information content (AvgIpc) is 2.02. The van der Waals surface area contributed by atoms with Crippen LogP contribution >= 0.6 is 0 Å². The summed E-state index contributed by atoms with van der Waals surface area (Å²) in [5.41, 5.74) is 0.892. The molecule has 68 valence electrons. The topological polar surface area (TPSA) is 33.1 Å². The van der Waals surface area contributed by atoms with Crippen LogP contribution in [-0.2, 0) is 4.74 Å². The Hall–Kier alpha value is -1.05. The van der Waals surface area contributed by atoms with Gasteiger partial charge in [0.2, 0.25) is 0 Å². The van der Waals surface area contributed by atoms with Gasteiger partial charge in [0.1, 0.15) is 5.76 Å². The zero-order chi connectivity index (χ0) is 9.56. The Morgan fingerprint density at radius 1 is 1.42 bits per heavy atom. The van der Waals surface area contributed by atoms with E-state index in [0.717, 1.165) is 11.3 Å². The third kappa shape index (κ3) is 4.72. The molecule has 0 saturated heterocycles. The summed E-state index contributed by atoms with van der Waals surface area (Å²) in [5.74, 6) is 1.29. The molecule has 0 heterocycles. The molecule has 0 unspecified atom stereocenters. The first-order valence-corrected chi connectivity index (χ1v) is 4.04. The van der Waals surface area contributed by atoms with E-state index in [1.165, 1.54) is 6.21 Å². The third-order valence-electron chi connectivity index (χ3n) is 1.33. The van der Waals surface area contributed by atoms with Gasteiger partial charge in [-0.2, -0.15) is 0 Å². The molecule has 0 aromatic heterocycles. The molecule has 2 nitrogen and oxygen atoms in total. The Morgan fingerprint density at radius 3 is 2.33 bits per heavy atom. The van der Waals surface area contributed by atoms with E-state index in [1.54, 1.807) is 7.11 Å². The zero-order valence-electron chi connectivity index (χ0n) is 8.22. The lowest BCUT2D eigenvalue weighted by molar-refractivity contribution is 0.303. The van der Waals surface area contributed by atoms with Crippen LogP contribution in [0, 0.1) is 11.3 Å². The molecule has 0 atom stereocenters. The molecule has 2 heteroatoms. The summed E-state index contributed by atoms with van der Waals surface area (Å²) in [6, 6.07) is 0. The lowest BCUT2D eigenvalue weighted by Gasteiger charge is -2.03. The molecule has 0 saturated carbocycles. The maximum atomic E-state index is 6.98. The second-order valence-electron chi connectivity index (χ2n) is 3.05. The van der Waals surface area contributed by atoms with Gasteiger partial charge in [0, 0.05) is 6.21 Å². The van der Waals surface area contributed by atoms with Crippen LogP contribution in [0.3, 0.4) is 0 Å². The first-order chi connectivity index (χ1) is 5.60. The minimum atomic E-state index is 0.467. The number of allylic oxidation sites excluding steroid dienone is 3. The fourth-order valence-electron chi connectivity index (χ4n) is 0.770. The van der Waals surface area contributed by atoms with Crippen molar-refractivity contribution in [2.45, 2.75) is 20.8 Å². The second kappa shape index (κ2) is 5.58. The number of methoxy groups -OCH3 is 1. The van der Waals surface area contributed by atoms with Gasteiger partial charge in [-0.25, -0.2) is 0 Å². The van der Waals surface area contributed by atoms with Crippen LogP contribution in [0.5, 0.6) is 0 Å². The molecule has 0 amide bonds. The van der Waals surface area contributed by atoms with Crippen LogP contribution in [-0.4, -0.2) is 13.3 Å². The minimum absolute atomic E-state index is 0.467. The van der Waals surface area contributed by atoms with E-state index in [2.05, 4.69) is 13.8 Å². The lowest BCUT2D eigenvalue weighted by atomic mass is 10.1. The molecule has 0 aliphatic carbocycles. The van der Waals surface area contributed by atoms with Gasteiger partial charge in [0.15, 0.2) is 0 Å². The highest BCUT2D eigenvalue weighted by Gasteiger charge is 1.94. The van der Waals surface area contributed by atoms with Gasteiger partial charge in [0.05, 0.1) is 7.11 Å². The fourth-order valence-corrected chi connectivity index (χ4v) is 0.770. The molecule has 0 bridgehead atoms. The lowest BCUT2D eigenvalue weighted by Crippen LogP contribution is -1.89. The first-order valence-electron chi connectivity index (χ1n) is 4.04. The first kappa shape index (κ1) is 11.0. The quantitative estimate of drug-likeness (QED) is 0.390. The van der Waals surface area contributed by atoms with E-state index in [-0.39, 0.29) is 0 Å². The minimum Gasteiger partial charge on any atom is -0.497 e. The molecular formula is C10H17NO. The number of hydrogen-bond donors (Lipinski definition) is 1. The van der Waals surface area contributed by atoms with Gasteiger partial charge < -0.3 is 10.1 Å². The van der Waals surface area contributed by atoms with E-state index in [4.69, 9.17) is 10.1 Å². The molecule has 12 heavy (non-hydrogen) atoms. The molecule has 0 aromatic rings. The molecule has 0 aliphatic rings. The predicted molar refractivity (Wildman–Crippen MR) is 52.5 cm³/mol. The highest BCUT2D eigenvalue weighted by molar-refractivity contribution is 5.75. The standard InChI is InChI=1S/C10H17NO/c1-8(2)5-10(12-4)6-9(3)7-11/h5-8,11H,1-4H3. The van der Waals surface area contributed by atoms with Crippen molar-refractivity contribution in [3.63, 3.8) is 0 Å². The van der Waals surface area contributed by atoms with Gasteiger partial charge in [-0.3, -0.25) is 0 Å². The second-order valence-corrected chi connectivity index (χ2v) is 3.05. The third-order valence-corrected chi connectivity index (χ3v) is 1.33. The summed E-state index contributed by atoms with van der Waals surface area (Å²) >= 11 is 0. The van der Waals surface area contributed by atoms with Gasteiger partial charge in [-0.15, -0.1) is 0 Å². The van der Waals surface area contributed by atoms with Crippen molar-refractivity contribution in [1.29, 1.82) is 5.41 Å². The SMILES string of the molecule is COC(C=C(C)C=N)=CC(C)C. The molecule has 0 aliphatic heterocycles. The van der Waals surface area contributed by atoms with Gasteiger partial charge in [0.25, 0.3) is 0 Å². The number of rotatable bonds is 4. The van der Waals surface area contributed by atoms with Crippen molar-refractivity contribution in [1.82, 2.24) is 0 Å². The summed E-state index contributed by atoms with van der Waals surface area (Å²) in [4.78, 5) is 0. The molecule has 0 aromatic carbocycles. The Morgan fingerprint density at radius 2 is 2.00 bits per heavy atom. The Labute approximate surface area is 74.4 Å². The van der Waals surface area contributed by atoms with Crippen LogP contribution in [0.4, 0.5) is 0 Å². The molecule has 0 rings (SSSR count). The fraction of sp³-hybridized carbons (Fsp3) is 0.500. The molecule has 0 radical (unpaired) electrons. The number of ether oxygens (including phenoxy) is 1.